The Hall–Kier alpha value is -2.12. The maximum absolute atomic E-state index is 12.2. The number of aryl methyl sites for hydroxylation is 1. The van der Waals surface area contributed by atoms with Crippen LogP contribution in [0.1, 0.15) is 21.7 Å². The molecule has 1 aromatic carbocycles. The van der Waals surface area contributed by atoms with E-state index in [1.165, 1.54) is 13.4 Å². The highest BCUT2D eigenvalue weighted by atomic mass is 79.9. The van der Waals surface area contributed by atoms with Crippen molar-refractivity contribution in [3.63, 3.8) is 0 Å². The smallest absolute Gasteiger partial charge is 0.341 e. The van der Waals surface area contributed by atoms with Crippen molar-refractivity contribution < 1.29 is 18.7 Å². The van der Waals surface area contributed by atoms with E-state index in [9.17, 15) is 9.59 Å². The number of anilines is 1. The zero-order chi connectivity index (χ0) is 17.7. The van der Waals surface area contributed by atoms with E-state index in [-0.39, 0.29) is 12.5 Å². The fourth-order valence-electron chi connectivity index (χ4n) is 2.26. The molecule has 1 N–H and O–H groups in total. The van der Waals surface area contributed by atoms with Crippen molar-refractivity contribution >= 4 is 33.5 Å². The minimum atomic E-state index is -0.456. The molecule has 0 bridgehead atoms. The summed E-state index contributed by atoms with van der Waals surface area (Å²) in [5.74, 6) is -0.131. The molecule has 128 valence electrons. The average molecular weight is 395 g/mol. The number of nitrogens with zero attached hydrogens (tertiary/aromatic N) is 1. The van der Waals surface area contributed by atoms with E-state index in [0.29, 0.717) is 17.9 Å². The van der Waals surface area contributed by atoms with E-state index in [4.69, 9.17) is 9.15 Å². The summed E-state index contributed by atoms with van der Waals surface area (Å²) in [7, 11) is 3.09. The van der Waals surface area contributed by atoms with Crippen LogP contribution in [0.25, 0.3) is 0 Å². The molecule has 2 rings (SSSR count). The van der Waals surface area contributed by atoms with Gasteiger partial charge in [-0.15, -0.1) is 0 Å². The second-order valence-electron chi connectivity index (χ2n) is 5.43. The molecule has 0 fully saturated rings. The third-order valence-corrected chi connectivity index (χ3v) is 3.93. The van der Waals surface area contributed by atoms with Gasteiger partial charge >= 0.3 is 5.97 Å². The first-order valence-electron chi connectivity index (χ1n) is 7.30. The van der Waals surface area contributed by atoms with Gasteiger partial charge < -0.3 is 14.5 Å². The van der Waals surface area contributed by atoms with Gasteiger partial charge in [-0.25, -0.2) is 4.79 Å². The molecule has 1 aromatic heterocycles. The van der Waals surface area contributed by atoms with Gasteiger partial charge in [0, 0.05) is 10.2 Å². The van der Waals surface area contributed by atoms with Crippen LogP contribution in [0.3, 0.4) is 0 Å². The van der Waals surface area contributed by atoms with Gasteiger partial charge in [0.15, 0.2) is 0 Å². The SMILES string of the molecule is COC(=O)c1ccoc1CN(C)CC(=O)Nc1ccc(Br)cc1C. The molecule has 7 heteroatoms. The van der Waals surface area contributed by atoms with E-state index in [0.717, 1.165) is 15.7 Å². The van der Waals surface area contributed by atoms with Crippen LogP contribution in [0.2, 0.25) is 0 Å². The van der Waals surface area contributed by atoms with Crippen LogP contribution in [0.15, 0.2) is 39.4 Å². The molecule has 24 heavy (non-hydrogen) atoms. The molecular formula is C17H19BrN2O4. The van der Waals surface area contributed by atoms with Gasteiger partial charge in [-0.3, -0.25) is 9.69 Å². The van der Waals surface area contributed by atoms with Crippen molar-refractivity contribution in [2.24, 2.45) is 0 Å². The molecule has 6 nitrogen and oxygen atoms in total. The lowest BCUT2D eigenvalue weighted by Gasteiger charge is -2.16. The number of amides is 1. The summed E-state index contributed by atoms with van der Waals surface area (Å²) in [6.07, 6.45) is 1.43. The molecule has 0 aliphatic rings. The van der Waals surface area contributed by atoms with Gasteiger partial charge in [0.25, 0.3) is 0 Å². The Morgan fingerprint density at radius 2 is 2.08 bits per heavy atom. The van der Waals surface area contributed by atoms with Crippen LogP contribution >= 0.6 is 15.9 Å². The van der Waals surface area contributed by atoms with Crippen LogP contribution in [0.4, 0.5) is 5.69 Å². The largest absolute Gasteiger partial charge is 0.467 e. The number of methoxy groups -OCH3 is 1. The number of carbonyl (C=O) groups excluding carboxylic acids is 2. The highest BCUT2D eigenvalue weighted by molar-refractivity contribution is 9.10. The quantitative estimate of drug-likeness (QED) is 0.761. The summed E-state index contributed by atoms with van der Waals surface area (Å²) in [5, 5.41) is 2.87. The fraction of sp³-hybridized carbons (Fsp3) is 0.294. The molecular weight excluding hydrogens is 376 g/mol. The Bertz CT molecular complexity index is 742. The Kier molecular flexibility index (Phi) is 6.16. The number of likely N-dealkylation sites (N-methyl/N-ethyl adjacent to an activating group) is 1. The Balaban J connectivity index is 1.95. The lowest BCUT2D eigenvalue weighted by Crippen LogP contribution is -2.30. The van der Waals surface area contributed by atoms with Crippen molar-refractivity contribution in [1.82, 2.24) is 4.90 Å². The van der Waals surface area contributed by atoms with Crippen molar-refractivity contribution in [3.05, 3.63) is 51.9 Å². The Labute approximate surface area is 148 Å². The van der Waals surface area contributed by atoms with Crippen LogP contribution in [-0.2, 0) is 16.1 Å². The summed E-state index contributed by atoms with van der Waals surface area (Å²) in [5.41, 5.74) is 2.11. The Morgan fingerprint density at radius 1 is 1.33 bits per heavy atom. The summed E-state index contributed by atoms with van der Waals surface area (Å²) in [4.78, 5) is 25.6. The first-order chi connectivity index (χ1) is 11.4. The fourth-order valence-corrected chi connectivity index (χ4v) is 2.73. The second kappa shape index (κ2) is 8.12. The number of esters is 1. The van der Waals surface area contributed by atoms with E-state index in [1.54, 1.807) is 18.0 Å². The molecule has 0 saturated carbocycles. The van der Waals surface area contributed by atoms with E-state index < -0.39 is 5.97 Å². The summed E-state index contributed by atoms with van der Waals surface area (Å²) < 4.78 is 11.0. The molecule has 1 heterocycles. The Morgan fingerprint density at radius 3 is 2.75 bits per heavy atom. The predicted octanol–water partition coefficient (Wildman–Crippen LogP) is 3.21. The maximum atomic E-state index is 12.2. The van der Waals surface area contributed by atoms with E-state index >= 15 is 0 Å². The lowest BCUT2D eigenvalue weighted by molar-refractivity contribution is -0.117. The summed E-state index contributed by atoms with van der Waals surface area (Å²) in [6.45, 7) is 2.41. The molecule has 0 atom stereocenters. The molecule has 0 aliphatic carbocycles. The van der Waals surface area contributed by atoms with Gasteiger partial charge in [-0.2, -0.15) is 0 Å². The highest BCUT2D eigenvalue weighted by Gasteiger charge is 2.17. The number of hydrogen-bond donors (Lipinski definition) is 1. The molecule has 0 aliphatic heterocycles. The normalized spacial score (nSPS) is 10.7. The zero-order valence-electron chi connectivity index (χ0n) is 13.8. The summed E-state index contributed by atoms with van der Waals surface area (Å²) in [6, 6.07) is 7.21. The van der Waals surface area contributed by atoms with E-state index in [2.05, 4.69) is 21.2 Å². The number of rotatable bonds is 6. The van der Waals surface area contributed by atoms with Gasteiger partial charge in [0.2, 0.25) is 5.91 Å². The van der Waals surface area contributed by atoms with E-state index in [1.807, 2.05) is 25.1 Å². The number of hydrogen-bond acceptors (Lipinski definition) is 5. The highest BCUT2D eigenvalue weighted by Crippen LogP contribution is 2.20. The molecule has 1 amide bonds. The van der Waals surface area contributed by atoms with Crippen molar-refractivity contribution in [2.45, 2.75) is 13.5 Å². The van der Waals surface area contributed by atoms with Crippen LogP contribution < -0.4 is 5.32 Å². The average Bonchev–Trinajstić information content (AvgIpc) is 2.97. The molecule has 0 unspecified atom stereocenters. The zero-order valence-corrected chi connectivity index (χ0v) is 15.3. The molecule has 2 aromatic rings. The van der Waals surface area contributed by atoms with Crippen LogP contribution in [-0.4, -0.2) is 37.5 Å². The first-order valence-corrected chi connectivity index (χ1v) is 8.09. The molecule has 0 radical (unpaired) electrons. The number of ether oxygens (including phenoxy) is 1. The third kappa shape index (κ3) is 4.69. The second-order valence-corrected chi connectivity index (χ2v) is 6.34. The molecule has 0 spiro atoms. The number of nitrogens with one attached hydrogen (secondary N) is 1. The molecule has 0 saturated heterocycles. The number of furan rings is 1. The van der Waals surface area contributed by atoms with Crippen molar-refractivity contribution in [1.29, 1.82) is 0 Å². The van der Waals surface area contributed by atoms with Gasteiger partial charge in [0.1, 0.15) is 11.3 Å². The van der Waals surface area contributed by atoms with Gasteiger partial charge in [-0.1, -0.05) is 15.9 Å². The number of halogens is 1. The van der Waals surface area contributed by atoms with Crippen molar-refractivity contribution in [2.75, 3.05) is 26.0 Å². The lowest BCUT2D eigenvalue weighted by atomic mass is 10.2. The van der Waals surface area contributed by atoms with Crippen LogP contribution in [0, 0.1) is 6.92 Å². The topological polar surface area (TPSA) is 71.8 Å². The first kappa shape index (κ1) is 18.2. The van der Waals surface area contributed by atoms with Crippen LogP contribution in [0.5, 0.6) is 0 Å². The van der Waals surface area contributed by atoms with Crippen molar-refractivity contribution in [3.8, 4) is 0 Å². The van der Waals surface area contributed by atoms with Gasteiger partial charge in [-0.05, 0) is 43.8 Å². The monoisotopic (exact) mass is 394 g/mol. The number of benzene rings is 1. The minimum Gasteiger partial charge on any atom is -0.467 e. The summed E-state index contributed by atoms with van der Waals surface area (Å²) >= 11 is 3.39. The third-order valence-electron chi connectivity index (χ3n) is 3.44. The minimum absolute atomic E-state index is 0.144. The van der Waals surface area contributed by atoms with Gasteiger partial charge in [0.05, 0.1) is 26.5 Å². The number of carbonyl (C=O) groups is 2. The standard InChI is InChI=1S/C17H19BrN2O4/c1-11-8-12(18)4-5-14(11)19-16(21)10-20(2)9-15-13(6-7-24-15)17(22)23-3/h4-8H,9-10H2,1-3H3,(H,19,21). The maximum Gasteiger partial charge on any atom is 0.341 e. The predicted molar refractivity (Wildman–Crippen MR) is 93.9 cm³/mol.